The van der Waals surface area contributed by atoms with E-state index in [0.29, 0.717) is 19.6 Å². The maximum Gasteiger partial charge on any atom is 0.324 e. The molecule has 2 aliphatic rings. The van der Waals surface area contributed by atoms with Crippen molar-refractivity contribution in [2.24, 2.45) is 0 Å². The summed E-state index contributed by atoms with van der Waals surface area (Å²) >= 11 is 0. The smallest absolute Gasteiger partial charge is 0.324 e. The first-order valence-corrected chi connectivity index (χ1v) is 8.82. The van der Waals surface area contributed by atoms with E-state index in [1.165, 1.54) is 4.90 Å². The third-order valence-electron chi connectivity index (χ3n) is 4.96. The number of β-amino-alcohol motifs (C(OH)–C–C–N with tert-alkyl or cyclic N) is 1. The van der Waals surface area contributed by atoms with Crippen LogP contribution >= 0.6 is 0 Å². The van der Waals surface area contributed by atoms with Crippen molar-refractivity contribution in [1.82, 2.24) is 20.0 Å². The van der Waals surface area contributed by atoms with Gasteiger partial charge in [0.1, 0.15) is 0 Å². The Kier molecular flexibility index (Phi) is 5.67. The van der Waals surface area contributed by atoms with Gasteiger partial charge >= 0.3 is 6.03 Å². The number of aliphatic hydroxyl groups excluding tert-OH is 1. The quantitative estimate of drug-likeness (QED) is 0.801. The third kappa shape index (κ3) is 4.36. The van der Waals surface area contributed by atoms with Crippen molar-refractivity contribution in [3.63, 3.8) is 0 Å². The first-order chi connectivity index (χ1) is 12.0. The number of nitrogens with one attached hydrogen (secondary N) is 1. The zero-order chi connectivity index (χ0) is 17.8. The lowest BCUT2D eigenvalue weighted by atomic mass is 10.1. The lowest BCUT2D eigenvalue weighted by Gasteiger charge is -2.40. The van der Waals surface area contributed by atoms with Crippen LogP contribution in [0.1, 0.15) is 18.6 Å². The summed E-state index contributed by atoms with van der Waals surface area (Å²) < 4.78 is 0. The van der Waals surface area contributed by atoms with Crippen LogP contribution in [0, 0.1) is 0 Å². The molecule has 0 bridgehead atoms. The van der Waals surface area contributed by atoms with Crippen molar-refractivity contribution in [2.45, 2.75) is 19.1 Å². The van der Waals surface area contributed by atoms with E-state index in [1.807, 2.05) is 30.3 Å². The van der Waals surface area contributed by atoms with Gasteiger partial charge in [0.25, 0.3) is 0 Å². The van der Waals surface area contributed by atoms with Crippen LogP contribution in [0.4, 0.5) is 4.79 Å². The second kappa shape index (κ2) is 7.95. The Morgan fingerprint density at radius 1 is 1.28 bits per heavy atom. The fourth-order valence-corrected chi connectivity index (χ4v) is 3.47. The van der Waals surface area contributed by atoms with Gasteiger partial charge in [-0.1, -0.05) is 30.3 Å². The lowest BCUT2D eigenvalue weighted by molar-refractivity contribution is -0.129. The summed E-state index contributed by atoms with van der Waals surface area (Å²) in [5.41, 5.74) is 0.923. The molecular formula is C18H26N4O3. The molecule has 3 rings (SSSR count). The molecule has 0 radical (unpaired) electrons. The van der Waals surface area contributed by atoms with E-state index in [4.69, 9.17) is 0 Å². The van der Waals surface area contributed by atoms with Crippen molar-refractivity contribution < 1.29 is 14.7 Å². The van der Waals surface area contributed by atoms with Crippen LogP contribution in [0.2, 0.25) is 0 Å². The zero-order valence-corrected chi connectivity index (χ0v) is 14.6. The van der Waals surface area contributed by atoms with E-state index in [2.05, 4.69) is 22.0 Å². The number of urea groups is 1. The molecule has 2 N–H and O–H groups in total. The van der Waals surface area contributed by atoms with Crippen LogP contribution in [0.25, 0.3) is 0 Å². The predicted molar refractivity (Wildman–Crippen MR) is 94.0 cm³/mol. The Hall–Kier alpha value is -1.96. The standard InChI is InChI=1S/C18H26N4O3/c1-14-11-20(13-17(24)22-8-7-19-18(22)25)9-10-21(14)12-16(23)15-5-3-2-4-6-15/h2-6,14,16,23H,7-13H2,1H3,(H,19,25)/t14-,16+/m0/s1. The Balaban J connectivity index is 1.49. The highest BCUT2D eigenvalue weighted by Crippen LogP contribution is 2.18. The van der Waals surface area contributed by atoms with Gasteiger partial charge in [0, 0.05) is 45.3 Å². The van der Waals surface area contributed by atoms with Crippen molar-refractivity contribution in [2.75, 3.05) is 45.8 Å². The van der Waals surface area contributed by atoms with Gasteiger partial charge in [-0.2, -0.15) is 0 Å². The first kappa shape index (κ1) is 17.8. The topological polar surface area (TPSA) is 76.1 Å². The highest BCUT2D eigenvalue weighted by Gasteiger charge is 2.30. The predicted octanol–water partition coefficient (Wildman–Crippen LogP) is 0.278. The number of carbonyl (C=O) groups excluding carboxylic acids is 2. The fourth-order valence-electron chi connectivity index (χ4n) is 3.47. The number of carbonyl (C=O) groups is 2. The Morgan fingerprint density at radius 3 is 2.68 bits per heavy atom. The monoisotopic (exact) mass is 346 g/mol. The minimum absolute atomic E-state index is 0.139. The Bertz CT molecular complexity index is 610. The maximum atomic E-state index is 12.2. The lowest BCUT2D eigenvalue weighted by Crippen LogP contribution is -2.55. The number of nitrogens with zero attached hydrogens (tertiary/aromatic N) is 3. The summed E-state index contributed by atoms with van der Waals surface area (Å²) in [5, 5.41) is 13.1. The van der Waals surface area contributed by atoms with Gasteiger partial charge in [-0.25, -0.2) is 4.79 Å². The molecule has 0 aliphatic carbocycles. The van der Waals surface area contributed by atoms with Crippen molar-refractivity contribution >= 4 is 11.9 Å². The number of aliphatic hydroxyl groups is 1. The summed E-state index contributed by atoms with van der Waals surface area (Å²) in [4.78, 5) is 29.4. The molecule has 0 aromatic heterocycles. The van der Waals surface area contributed by atoms with Crippen molar-refractivity contribution in [3.8, 4) is 0 Å². The van der Waals surface area contributed by atoms with Crippen LogP contribution in [0.3, 0.4) is 0 Å². The van der Waals surface area contributed by atoms with E-state index >= 15 is 0 Å². The number of benzene rings is 1. The minimum Gasteiger partial charge on any atom is -0.387 e. The van der Waals surface area contributed by atoms with Crippen LogP contribution in [-0.4, -0.2) is 83.6 Å². The molecule has 2 aliphatic heterocycles. The van der Waals surface area contributed by atoms with Crippen molar-refractivity contribution in [1.29, 1.82) is 0 Å². The number of rotatable bonds is 5. The highest BCUT2D eigenvalue weighted by molar-refractivity contribution is 5.96. The van der Waals surface area contributed by atoms with Crippen LogP contribution in [0.15, 0.2) is 30.3 Å². The maximum absolute atomic E-state index is 12.2. The number of hydrogen-bond acceptors (Lipinski definition) is 5. The van der Waals surface area contributed by atoms with Gasteiger partial charge < -0.3 is 10.4 Å². The normalized spacial score (nSPS) is 23.5. The van der Waals surface area contributed by atoms with Gasteiger partial charge in [0.05, 0.1) is 12.6 Å². The molecule has 0 spiro atoms. The summed E-state index contributed by atoms with van der Waals surface area (Å²) in [6, 6.07) is 9.63. The van der Waals surface area contributed by atoms with Gasteiger partial charge in [0.15, 0.2) is 0 Å². The second-order valence-electron chi connectivity index (χ2n) is 6.78. The fraction of sp³-hybridized carbons (Fsp3) is 0.556. The molecule has 25 heavy (non-hydrogen) atoms. The molecule has 2 saturated heterocycles. The molecule has 3 amide bonds. The number of amides is 3. The minimum atomic E-state index is -0.509. The second-order valence-corrected chi connectivity index (χ2v) is 6.78. The van der Waals surface area contributed by atoms with E-state index in [9.17, 15) is 14.7 Å². The molecular weight excluding hydrogens is 320 g/mol. The van der Waals surface area contributed by atoms with Gasteiger partial charge in [-0.15, -0.1) is 0 Å². The zero-order valence-electron chi connectivity index (χ0n) is 14.6. The van der Waals surface area contributed by atoms with Gasteiger partial charge in [-0.05, 0) is 12.5 Å². The highest BCUT2D eigenvalue weighted by atomic mass is 16.3. The molecule has 2 atom stereocenters. The van der Waals surface area contributed by atoms with E-state index in [1.54, 1.807) is 0 Å². The molecule has 0 saturated carbocycles. The summed E-state index contributed by atoms with van der Waals surface area (Å²) in [5.74, 6) is -0.139. The summed E-state index contributed by atoms with van der Waals surface area (Å²) in [6.07, 6.45) is -0.509. The van der Waals surface area contributed by atoms with Crippen LogP contribution in [-0.2, 0) is 4.79 Å². The summed E-state index contributed by atoms with van der Waals surface area (Å²) in [7, 11) is 0. The van der Waals surface area contributed by atoms with Crippen LogP contribution in [0.5, 0.6) is 0 Å². The van der Waals surface area contributed by atoms with Crippen molar-refractivity contribution in [3.05, 3.63) is 35.9 Å². The molecule has 1 aromatic rings. The summed E-state index contributed by atoms with van der Waals surface area (Å²) in [6.45, 7) is 6.26. The molecule has 1 aromatic carbocycles. The Morgan fingerprint density at radius 2 is 2.04 bits per heavy atom. The third-order valence-corrected chi connectivity index (χ3v) is 4.96. The SMILES string of the molecule is C[C@H]1CN(CC(=O)N2CCNC2=O)CCN1C[C@@H](O)c1ccccc1. The largest absolute Gasteiger partial charge is 0.387 e. The molecule has 2 heterocycles. The van der Waals surface area contributed by atoms with Gasteiger partial charge in [0.2, 0.25) is 5.91 Å². The van der Waals surface area contributed by atoms with E-state index in [-0.39, 0.29) is 24.5 Å². The number of hydrogen-bond donors (Lipinski definition) is 2. The number of piperazine rings is 1. The van der Waals surface area contributed by atoms with Crippen LogP contribution < -0.4 is 5.32 Å². The molecule has 7 heteroatoms. The van der Waals surface area contributed by atoms with Gasteiger partial charge in [-0.3, -0.25) is 19.5 Å². The van der Waals surface area contributed by atoms with E-state index in [0.717, 1.165) is 25.2 Å². The average Bonchev–Trinajstić information content (AvgIpc) is 3.04. The Labute approximate surface area is 148 Å². The molecule has 136 valence electrons. The first-order valence-electron chi connectivity index (χ1n) is 8.82. The molecule has 0 unspecified atom stereocenters. The average molecular weight is 346 g/mol. The molecule has 2 fully saturated rings. The molecule has 7 nitrogen and oxygen atoms in total. The number of imide groups is 1. The van der Waals surface area contributed by atoms with E-state index < -0.39 is 6.10 Å².